The van der Waals surface area contributed by atoms with E-state index < -0.39 is 11.6 Å². The fraction of sp³-hybridized carbons (Fsp3) is 0.118. The van der Waals surface area contributed by atoms with E-state index >= 15 is 0 Å². The molecule has 0 bridgehead atoms. The molecule has 0 saturated carbocycles. The minimum Gasteiger partial charge on any atom is -0.247 e. The van der Waals surface area contributed by atoms with Crippen LogP contribution in [-0.4, -0.2) is 11.7 Å². The van der Waals surface area contributed by atoms with E-state index in [0.717, 1.165) is 54.3 Å². The Morgan fingerprint density at radius 1 is 0.418 bits per heavy atom. The molecule has 1 aromatic heterocycles. The van der Waals surface area contributed by atoms with Crippen LogP contribution in [0.2, 0.25) is 0 Å². The lowest BCUT2D eigenvalue weighted by Crippen LogP contribution is -2.55. The van der Waals surface area contributed by atoms with Gasteiger partial charge in [-0.05, 0) is 98.5 Å². The molecule has 0 radical (unpaired) electrons. The third kappa shape index (κ3) is 5.79. The van der Waals surface area contributed by atoms with Crippen LogP contribution in [0.15, 0.2) is 133 Å². The summed E-state index contributed by atoms with van der Waals surface area (Å²) in [6, 6.07) is 45.5. The maximum absolute atomic E-state index is 14.9. The fourth-order valence-corrected chi connectivity index (χ4v) is 9.35. The van der Waals surface area contributed by atoms with Crippen LogP contribution in [0, 0.1) is 53.2 Å². The molecule has 266 valence electrons. The van der Waals surface area contributed by atoms with Crippen LogP contribution in [0.4, 0.5) is 8.78 Å². The average molecular weight is 716 g/mol. The Labute approximate surface area is 321 Å². The summed E-state index contributed by atoms with van der Waals surface area (Å²) in [4.78, 5) is 5.28. The predicted molar refractivity (Wildman–Crippen MR) is 231 cm³/mol. The molecule has 0 aliphatic rings. The monoisotopic (exact) mass is 715 g/mol. The molecule has 0 amide bonds. The van der Waals surface area contributed by atoms with Crippen LogP contribution >= 0.6 is 0 Å². The summed E-state index contributed by atoms with van der Waals surface area (Å²) in [5.74, 6) is -1.77. The highest BCUT2D eigenvalue weighted by atomic mass is 19.2. The summed E-state index contributed by atoms with van der Waals surface area (Å²) < 4.78 is 29.1. The van der Waals surface area contributed by atoms with Gasteiger partial charge in [0.1, 0.15) is 0 Å². The van der Waals surface area contributed by atoms with Gasteiger partial charge in [-0.25, -0.2) is 13.8 Å². The Kier molecular flexibility index (Phi) is 8.39. The van der Waals surface area contributed by atoms with E-state index in [1.807, 2.05) is 12.1 Å². The van der Waals surface area contributed by atoms with Crippen molar-refractivity contribution in [3.8, 4) is 22.4 Å². The molecule has 1 heterocycles. The number of benzene rings is 8. The Balaban J connectivity index is 1.25. The van der Waals surface area contributed by atoms with Crippen molar-refractivity contribution in [2.75, 3.05) is 0 Å². The summed E-state index contributed by atoms with van der Waals surface area (Å²) >= 11 is 0. The molecule has 0 aliphatic carbocycles. The predicted octanol–water partition coefficient (Wildman–Crippen LogP) is 11.7. The zero-order valence-corrected chi connectivity index (χ0v) is 32.0. The first-order valence-corrected chi connectivity index (χ1v) is 19.0. The van der Waals surface area contributed by atoms with Crippen molar-refractivity contribution in [1.29, 1.82) is 0 Å². The van der Waals surface area contributed by atoms with Crippen molar-refractivity contribution in [3.05, 3.63) is 178 Å². The summed E-state index contributed by atoms with van der Waals surface area (Å²) in [7, 11) is 0. The first-order chi connectivity index (χ1) is 26.6. The Morgan fingerprint density at radius 2 is 0.909 bits per heavy atom. The van der Waals surface area contributed by atoms with Crippen LogP contribution in [0.5, 0.6) is 0 Å². The normalized spacial score (nSPS) is 11.6. The minimum atomic E-state index is -0.892. The molecule has 1 nitrogen and oxygen atoms in total. The SMILES string of the molecule is Cc1cc(C)c(B(c2ccc(-c3ccc4c(c3)nc(-c3ccc(F)c(F)c3)c3c5ccccc5c5ccccc5c43)cc2)c2c(C)cc(C)cc2C)c(C)c1. The highest BCUT2D eigenvalue weighted by molar-refractivity contribution is 6.96. The highest BCUT2D eigenvalue weighted by Gasteiger charge is 2.28. The van der Waals surface area contributed by atoms with E-state index in [2.05, 4.69) is 145 Å². The van der Waals surface area contributed by atoms with Crippen molar-refractivity contribution in [2.45, 2.75) is 41.5 Å². The zero-order chi connectivity index (χ0) is 38.1. The lowest BCUT2D eigenvalue weighted by Gasteiger charge is -2.24. The number of nitrogens with zero attached hydrogens (tertiary/aromatic N) is 1. The van der Waals surface area contributed by atoms with Crippen LogP contribution in [-0.2, 0) is 0 Å². The summed E-state index contributed by atoms with van der Waals surface area (Å²) in [5.41, 5.74) is 15.8. The number of hydrogen-bond donors (Lipinski definition) is 0. The third-order valence-corrected chi connectivity index (χ3v) is 11.5. The quantitative estimate of drug-likeness (QED) is 0.128. The lowest BCUT2D eigenvalue weighted by atomic mass is 9.34. The number of aryl methyl sites for hydroxylation is 6. The van der Waals surface area contributed by atoms with Crippen molar-refractivity contribution in [1.82, 2.24) is 4.98 Å². The van der Waals surface area contributed by atoms with Gasteiger partial charge in [-0.2, -0.15) is 0 Å². The maximum Gasteiger partial charge on any atom is 0.242 e. The summed E-state index contributed by atoms with van der Waals surface area (Å²) in [6.07, 6.45) is 0. The molecule has 0 spiro atoms. The second kappa shape index (κ2) is 13.3. The van der Waals surface area contributed by atoms with Crippen molar-refractivity contribution < 1.29 is 8.78 Å². The van der Waals surface area contributed by atoms with Gasteiger partial charge in [0.05, 0.1) is 11.2 Å². The zero-order valence-electron chi connectivity index (χ0n) is 32.0. The molecule has 0 atom stereocenters. The van der Waals surface area contributed by atoms with Crippen molar-refractivity contribution >= 4 is 66.3 Å². The average Bonchev–Trinajstić information content (AvgIpc) is 3.17. The van der Waals surface area contributed by atoms with Gasteiger partial charge < -0.3 is 0 Å². The molecule has 0 fully saturated rings. The van der Waals surface area contributed by atoms with Crippen molar-refractivity contribution in [2.24, 2.45) is 0 Å². The molecular formula is C51H40BF2N. The number of pyridine rings is 1. The molecular weight excluding hydrogens is 675 g/mol. The smallest absolute Gasteiger partial charge is 0.242 e. The Hall–Kier alpha value is -6.13. The number of hydrogen-bond acceptors (Lipinski definition) is 1. The minimum absolute atomic E-state index is 0.0849. The van der Waals surface area contributed by atoms with Gasteiger partial charge in [0.25, 0.3) is 0 Å². The lowest BCUT2D eigenvalue weighted by molar-refractivity contribution is 0.509. The van der Waals surface area contributed by atoms with Gasteiger partial charge in [0, 0.05) is 21.7 Å². The number of rotatable bonds is 5. The Morgan fingerprint density at radius 3 is 1.45 bits per heavy atom. The maximum atomic E-state index is 14.9. The van der Waals surface area contributed by atoms with E-state index in [1.165, 1.54) is 61.9 Å². The summed E-state index contributed by atoms with van der Waals surface area (Å²) in [5, 5.41) is 7.35. The van der Waals surface area contributed by atoms with Crippen LogP contribution in [0.25, 0.3) is 65.6 Å². The largest absolute Gasteiger partial charge is 0.247 e. The molecule has 0 aliphatic heterocycles. The second-order valence-electron chi connectivity index (χ2n) is 15.3. The molecule has 8 aromatic carbocycles. The fourth-order valence-electron chi connectivity index (χ4n) is 9.35. The van der Waals surface area contributed by atoms with Gasteiger partial charge in [-0.3, -0.25) is 0 Å². The van der Waals surface area contributed by atoms with Crippen LogP contribution in [0.3, 0.4) is 0 Å². The third-order valence-electron chi connectivity index (χ3n) is 11.5. The molecule has 4 heteroatoms. The van der Waals surface area contributed by atoms with E-state index in [-0.39, 0.29) is 6.71 Å². The van der Waals surface area contributed by atoms with Gasteiger partial charge in [-0.15, -0.1) is 0 Å². The first kappa shape index (κ1) is 34.6. The molecule has 55 heavy (non-hydrogen) atoms. The molecule has 0 N–H and O–H groups in total. The van der Waals surface area contributed by atoms with Crippen LogP contribution < -0.4 is 16.4 Å². The second-order valence-corrected chi connectivity index (χ2v) is 15.3. The van der Waals surface area contributed by atoms with E-state index in [4.69, 9.17) is 4.98 Å². The van der Waals surface area contributed by atoms with E-state index in [1.54, 1.807) is 6.07 Å². The van der Waals surface area contributed by atoms with Gasteiger partial charge in [0.15, 0.2) is 11.6 Å². The van der Waals surface area contributed by atoms with Gasteiger partial charge in [-0.1, -0.05) is 159 Å². The topological polar surface area (TPSA) is 12.9 Å². The molecule has 0 unspecified atom stereocenters. The number of fused-ring (bicyclic) bond motifs is 8. The van der Waals surface area contributed by atoms with Gasteiger partial charge in [0.2, 0.25) is 6.71 Å². The van der Waals surface area contributed by atoms with Gasteiger partial charge >= 0.3 is 0 Å². The van der Waals surface area contributed by atoms with E-state index in [9.17, 15) is 8.78 Å². The van der Waals surface area contributed by atoms with Crippen molar-refractivity contribution in [3.63, 3.8) is 0 Å². The standard InChI is InChI=1S/C51H40BF2N/c1-29-23-31(3)49(32(4)24-29)52(50-33(5)25-30(2)26-34(50)6)38-19-15-35(16-20-38)36-17-21-43-46(28-36)55-51(37-18-22-44(53)45(54)27-37)48-42-14-10-8-12-40(42)39-11-7-9-13-41(39)47(43)48/h7-28H,1-6H3. The first-order valence-electron chi connectivity index (χ1n) is 19.0. The number of aromatic nitrogens is 1. The summed E-state index contributed by atoms with van der Waals surface area (Å²) in [6.45, 7) is 13.4. The Bertz CT molecular complexity index is 2910. The highest BCUT2D eigenvalue weighted by Crippen LogP contribution is 2.43. The number of halogens is 2. The molecule has 0 saturated heterocycles. The van der Waals surface area contributed by atoms with E-state index in [0.29, 0.717) is 11.3 Å². The van der Waals surface area contributed by atoms with Crippen LogP contribution in [0.1, 0.15) is 33.4 Å². The molecule has 9 rings (SSSR count). The molecule has 9 aromatic rings.